The highest BCUT2D eigenvalue weighted by molar-refractivity contribution is 5.91. The van der Waals surface area contributed by atoms with Gasteiger partial charge in [-0.05, 0) is 37.1 Å². The van der Waals surface area contributed by atoms with Gasteiger partial charge in [-0.2, -0.15) is 5.10 Å². The normalized spacial score (nSPS) is 15.8. The molecule has 1 saturated heterocycles. The van der Waals surface area contributed by atoms with E-state index in [0.29, 0.717) is 11.4 Å². The van der Waals surface area contributed by atoms with Gasteiger partial charge in [0.05, 0.1) is 5.69 Å². The summed E-state index contributed by atoms with van der Waals surface area (Å²) in [4.78, 5) is 12.2. The fraction of sp³-hybridized carbons (Fsp3) is 0.333. The Morgan fingerprint density at radius 3 is 2.76 bits per heavy atom. The molecule has 6 nitrogen and oxygen atoms in total. The van der Waals surface area contributed by atoms with Crippen molar-refractivity contribution in [3.05, 3.63) is 42.2 Å². The van der Waals surface area contributed by atoms with Crippen LogP contribution in [0.3, 0.4) is 0 Å². The lowest BCUT2D eigenvalue weighted by Gasteiger charge is -2.26. The van der Waals surface area contributed by atoms with Crippen LogP contribution in [0.5, 0.6) is 0 Å². The molecular formula is C15H19N5O. The first-order valence-corrected chi connectivity index (χ1v) is 7.20. The molecule has 6 heteroatoms. The van der Waals surface area contributed by atoms with E-state index in [1.165, 1.54) is 6.42 Å². The van der Waals surface area contributed by atoms with E-state index in [9.17, 15) is 4.79 Å². The van der Waals surface area contributed by atoms with Crippen LogP contribution >= 0.6 is 0 Å². The molecule has 1 aromatic heterocycles. The van der Waals surface area contributed by atoms with Crippen LogP contribution in [0.15, 0.2) is 36.5 Å². The fourth-order valence-corrected chi connectivity index (χ4v) is 2.46. The van der Waals surface area contributed by atoms with E-state index in [4.69, 9.17) is 5.73 Å². The Morgan fingerprint density at radius 2 is 2.00 bits per heavy atom. The summed E-state index contributed by atoms with van der Waals surface area (Å²) < 4.78 is 1.65. The van der Waals surface area contributed by atoms with Crippen LogP contribution in [-0.4, -0.2) is 33.8 Å². The van der Waals surface area contributed by atoms with Gasteiger partial charge < -0.3 is 5.73 Å². The van der Waals surface area contributed by atoms with Crippen molar-refractivity contribution < 1.29 is 4.79 Å². The Morgan fingerprint density at radius 1 is 1.19 bits per heavy atom. The number of nitrogen functional groups attached to an aromatic ring is 1. The second-order valence-corrected chi connectivity index (χ2v) is 5.23. The summed E-state index contributed by atoms with van der Waals surface area (Å²) in [6, 6.07) is 9.11. The van der Waals surface area contributed by atoms with Crippen molar-refractivity contribution in [3.63, 3.8) is 0 Å². The van der Waals surface area contributed by atoms with Crippen LogP contribution in [0.1, 0.15) is 29.8 Å². The van der Waals surface area contributed by atoms with E-state index in [0.717, 1.165) is 31.6 Å². The van der Waals surface area contributed by atoms with Crippen molar-refractivity contribution in [3.8, 4) is 5.69 Å². The smallest absolute Gasteiger partial charge is 0.286 e. The first-order chi connectivity index (χ1) is 10.2. The molecule has 0 saturated carbocycles. The maximum absolute atomic E-state index is 12.2. The third-order valence-electron chi connectivity index (χ3n) is 3.57. The number of nitrogens with zero attached hydrogens (tertiary/aromatic N) is 3. The molecule has 1 amide bonds. The second kappa shape index (κ2) is 5.97. The van der Waals surface area contributed by atoms with E-state index in [-0.39, 0.29) is 5.91 Å². The van der Waals surface area contributed by atoms with Crippen molar-refractivity contribution in [2.75, 3.05) is 18.8 Å². The van der Waals surface area contributed by atoms with Crippen molar-refractivity contribution in [2.45, 2.75) is 19.3 Å². The van der Waals surface area contributed by atoms with Gasteiger partial charge in [0.2, 0.25) is 0 Å². The van der Waals surface area contributed by atoms with Gasteiger partial charge in [-0.15, -0.1) is 0 Å². The van der Waals surface area contributed by atoms with Crippen LogP contribution < -0.4 is 11.2 Å². The highest BCUT2D eigenvalue weighted by Gasteiger charge is 2.16. The number of benzene rings is 1. The van der Waals surface area contributed by atoms with Gasteiger partial charge in [0, 0.05) is 25.0 Å². The van der Waals surface area contributed by atoms with Crippen molar-refractivity contribution in [2.24, 2.45) is 0 Å². The molecule has 1 aliphatic heterocycles. The minimum Gasteiger partial charge on any atom is -0.399 e. The second-order valence-electron chi connectivity index (χ2n) is 5.23. The average Bonchev–Trinajstić information content (AvgIpc) is 2.98. The summed E-state index contributed by atoms with van der Waals surface area (Å²) in [7, 11) is 0. The highest BCUT2D eigenvalue weighted by Crippen LogP contribution is 2.12. The number of nitrogens with two attached hydrogens (primary N) is 1. The van der Waals surface area contributed by atoms with Crippen LogP contribution in [0.25, 0.3) is 5.69 Å². The SMILES string of the molecule is Nc1cccc(-n2ccc(C(=O)NN3CCCCC3)n2)c1. The Hall–Kier alpha value is -2.34. The minimum absolute atomic E-state index is 0.167. The van der Waals surface area contributed by atoms with Crippen LogP contribution in [0.2, 0.25) is 0 Å². The van der Waals surface area contributed by atoms with Gasteiger partial charge in [-0.1, -0.05) is 12.5 Å². The van der Waals surface area contributed by atoms with E-state index in [2.05, 4.69) is 10.5 Å². The number of carbonyl (C=O) groups is 1. The number of carbonyl (C=O) groups excluding carboxylic acids is 1. The van der Waals surface area contributed by atoms with Crippen molar-refractivity contribution in [1.82, 2.24) is 20.2 Å². The number of piperidine rings is 1. The lowest BCUT2D eigenvalue weighted by atomic mass is 10.2. The summed E-state index contributed by atoms with van der Waals surface area (Å²) in [6.07, 6.45) is 5.24. The van der Waals surface area contributed by atoms with Gasteiger partial charge in [0.1, 0.15) is 0 Å². The number of nitrogens with one attached hydrogen (secondary N) is 1. The molecule has 2 aromatic rings. The lowest BCUT2D eigenvalue weighted by molar-refractivity contribution is 0.0744. The summed E-state index contributed by atoms with van der Waals surface area (Å²) >= 11 is 0. The predicted octanol–water partition coefficient (Wildman–Crippen LogP) is 1.59. The van der Waals surface area contributed by atoms with E-state index >= 15 is 0 Å². The van der Waals surface area contributed by atoms with Crippen LogP contribution in [0, 0.1) is 0 Å². The molecule has 1 aliphatic rings. The first-order valence-electron chi connectivity index (χ1n) is 7.20. The quantitative estimate of drug-likeness (QED) is 0.840. The molecule has 21 heavy (non-hydrogen) atoms. The molecule has 0 radical (unpaired) electrons. The van der Waals surface area contributed by atoms with Gasteiger partial charge in [0.25, 0.3) is 5.91 Å². The summed E-state index contributed by atoms with van der Waals surface area (Å²) in [5.74, 6) is -0.167. The molecule has 0 unspecified atom stereocenters. The van der Waals surface area contributed by atoms with Gasteiger partial charge >= 0.3 is 0 Å². The van der Waals surface area contributed by atoms with Crippen LogP contribution in [-0.2, 0) is 0 Å². The monoisotopic (exact) mass is 285 g/mol. The zero-order valence-electron chi connectivity index (χ0n) is 11.8. The predicted molar refractivity (Wildman–Crippen MR) is 80.9 cm³/mol. The number of anilines is 1. The van der Waals surface area contributed by atoms with Gasteiger partial charge in [-0.25, -0.2) is 9.69 Å². The third kappa shape index (κ3) is 3.22. The van der Waals surface area contributed by atoms with Crippen molar-refractivity contribution >= 4 is 11.6 Å². The number of rotatable bonds is 3. The fourth-order valence-electron chi connectivity index (χ4n) is 2.46. The molecule has 110 valence electrons. The van der Waals surface area contributed by atoms with Crippen LogP contribution in [0.4, 0.5) is 5.69 Å². The maximum atomic E-state index is 12.2. The van der Waals surface area contributed by atoms with E-state index in [1.54, 1.807) is 16.9 Å². The zero-order chi connectivity index (χ0) is 14.7. The molecule has 3 rings (SSSR count). The number of hydrogen-bond donors (Lipinski definition) is 2. The number of hydrogen-bond acceptors (Lipinski definition) is 4. The third-order valence-corrected chi connectivity index (χ3v) is 3.57. The molecular weight excluding hydrogens is 266 g/mol. The molecule has 1 aromatic carbocycles. The molecule has 0 bridgehead atoms. The number of aromatic nitrogens is 2. The van der Waals surface area contributed by atoms with E-state index in [1.807, 2.05) is 29.3 Å². The molecule has 0 spiro atoms. The Labute approximate surface area is 123 Å². The molecule has 3 N–H and O–H groups in total. The largest absolute Gasteiger partial charge is 0.399 e. The maximum Gasteiger partial charge on any atom is 0.286 e. The number of hydrazine groups is 1. The summed E-state index contributed by atoms with van der Waals surface area (Å²) in [5, 5.41) is 6.27. The Bertz CT molecular complexity index is 630. The summed E-state index contributed by atoms with van der Waals surface area (Å²) in [5.41, 5.74) is 10.6. The Balaban J connectivity index is 1.70. The minimum atomic E-state index is -0.167. The van der Waals surface area contributed by atoms with Crippen molar-refractivity contribution in [1.29, 1.82) is 0 Å². The highest BCUT2D eigenvalue weighted by atomic mass is 16.2. The summed E-state index contributed by atoms with van der Waals surface area (Å²) in [6.45, 7) is 1.81. The molecule has 0 atom stereocenters. The average molecular weight is 285 g/mol. The standard InChI is InChI=1S/C15H19N5O/c16-12-5-4-6-13(11-12)20-10-7-14(17-20)15(21)18-19-8-2-1-3-9-19/h4-7,10-11H,1-3,8-9,16H2,(H,18,21). The topological polar surface area (TPSA) is 76.2 Å². The Kier molecular flexibility index (Phi) is 3.87. The zero-order valence-corrected chi connectivity index (χ0v) is 11.8. The molecule has 0 aliphatic carbocycles. The first kappa shape index (κ1) is 13.6. The lowest BCUT2D eigenvalue weighted by Crippen LogP contribution is -2.45. The molecule has 2 heterocycles. The van der Waals surface area contributed by atoms with E-state index < -0.39 is 0 Å². The van der Waals surface area contributed by atoms with Gasteiger partial charge in [0.15, 0.2) is 5.69 Å². The number of amides is 1. The molecule has 1 fully saturated rings. The van der Waals surface area contributed by atoms with Gasteiger partial charge in [-0.3, -0.25) is 10.2 Å².